The Morgan fingerprint density at radius 3 is 0.645 bits per heavy atom. The topological polar surface area (TPSA) is 0 Å². The molecule has 0 amide bonds. The quantitative estimate of drug-likeness (QED) is 0.113. The van der Waals surface area contributed by atoms with Crippen molar-refractivity contribution in [3.05, 3.63) is 392 Å². The zero-order valence-electron chi connectivity index (χ0n) is 42.7. The lowest BCUT2D eigenvalue weighted by Gasteiger charge is -2.46. The molecular weight excluding hydrogens is 913 g/mol. The molecule has 4 aliphatic rings. The molecule has 0 nitrogen and oxygen atoms in total. The Balaban J connectivity index is 0.916. The van der Waals surface area contributed by atoms with Crippen molar-refractivity contribution in [2.24, 2.45) is 0 Å². The van der Waals surface area contributed by atoms with Gasteiger partial charge < -0.3 is 0 Å². The van der Waals surface area contributed by atoms with Crippen molar-refractivity contribution in [1.29, 1.82) is 0 Å². The van der Waals surface area contributed by atoms with Crippen LogP contribution in [0.25, 0.3) is 11.1 Å². The lowest BCUT2D eigenvalue weighted by molar-refractivity contribution is 0.662. The minimum absolute atomic E-state index is 0.497. The third kappa shape index (κ3) is 6.97. The number of allylic oxidation sites excluding steroid dienone is 8. The van der Waals surface area contributed by atoms with Crippen LogP contribution in [0.4, 0.5) is 0 Å². The van der Waals surface area contributed by atoms with E-state index in [1.165, 1.54) is 100 Å². The SMILES string of the molecule is C1=CC(c2ccccc2)(c2ccccc2)c2cc3c(cc2C1(c1ccccc1)c1ccccc1)CC=C3CCC1=CCc2cc3c(cc21)C(c1ccccc1)(c1ccccc1)C=CC3(c1ccccc1)c1ccccc1. The molecule has 10 aromatic rings. The van der Waals surface area contributed by atoms with E-state index in [-0.39, 0.29) is 0 Å². The molecular formula is C76H58. The molecule has 0 bridgehead atoms. The molecule has 0 heterocycles. The van der Waals surface area contributed by atoms with Crippen molar-refractivity contribution in [1.82, 2.24) is 0 Å². The third-order valence-corrected chi connectivity index (χ3v) is 17.7. The van der Waals surface area contributed by atoms with E-state index < -0.39 is 21.7 Å². The van der Waals surface area contributed by atoms with Gasteiger partial charge in [-0.3, -0.25) is 0 Å². The van der Waals surface area contributed by atoms with Crippen molar-refractivity contribution >= 4 is 11.1 Å². The van der Waals surface area contributed by atoms with Crippen LogP contribution in [0.15, 0.2) is 303 Å². The molecule has 0 N–H and O–H groups in total. The van der Waals surface area contributed by atoms with Gasteiger partial charge in [-0.15, -0.1) is 0 Å². The van der Waals surface area contributed by atoms with Crippen LogP contribution in [0.3, 0.4) is 0 Å². The summed E-state index contributed by atoms with van der Waals surface area (Å²) in [5.74, 6) is 0. The van der Waals surface area contributed by atoms with Gasteiger partial charge >= 0.3 is 0 Å². The Kier molecular flexibility index (Phi) is 11.1. The fourth-order valence-corrected chi connectivity index (χ4v) is 14.1. The highest BCUT2D eigenvalue weighted by atomic mass is 14.5. The fourth-order valence-electron chi connectivity index (χ4n) is 14.1. The van der Waals surface area contributed by atoms with E-state index in [2.05, 4.69) is 303 Å². The van der Waals surface area contributed by atoms with Crippen LogP contribution in [0.1, 0.15) is 102 Å². The molecule has 0 radical (unpaired) electrons. The summed E-state index contributed by atoms with van der Waals surface area (Å²) in [6.45, 7) is 0. The van der Waals surface area contributed by atoms with Gasteiger partial charge in [0, 0.05) is 0 Å². The Morgan fingerprint density at radius 1 is 0.237 bits per heavy atom. The first-order valence-corrected chi connectivity index (χ1v) is 27.2. The maximum absolute atomic E-state index is 2.62. The average molecular weight is 971 g/mol. The maximum atomic E-state index is 2.62. The average Bonchev–Trinajstić information content (AvgIpc) is 4.17. The number of hydrogen-bond acceptors (Lipinski definition) is 0. The normalized spacial score (nSPS) is 16.6. The van der Waals surface area contributed by atoms with Crippen LogP contribution in [0.2, 0.25) is 0 Å². The largest absolute Gasteiger partial charge is 0.0763 e. The predicted octanol–water partition coefficient (Wildman–Crippen LogP) is 17.5. The van der Waals surface area contributed by atoms with E-state index >= 15 is 0 Å². The predicted molar refractivity (Wildman–Crippen MR) is 315 cm³/mol. The maximum Gasteiger partial charge on any atom is 0.0636 e. The molecule has 0 atom stereocenters. The van der Waals surface area contributed by atoms with E-state index in [1.807, 2.05) is 0 Å². The van der Waals surface area contributed by atoms with Gasteiger partial charge in [0.05, 0.1) is 21.7 Å². The molecule has 362 valence electrons. The molecule has 4 aliphatic carbocycles. The molecule has 0 saturated carbocycles. The molecule has 0 heteroatoms. The third-order valence-electron chi connectivity index (χ3n) is 17.7. The summed E-state index contributed by atoms with van der Waals surface area (Å²) >= 11 is 0. The van der Waals surface area contributed by atoms with E-state index in [4.69, 9.17) is 0 Å². The second kappa shape index (κ2) is 18.5. The number of benzene rings is 10. The van der Waals surface area contributed by atoms with E-state index in [0.717, 1.165) is 25.7 Å². The summed E-state index contributed by atoms with van der Waals surface area (Å²) in [4.78, 5) is 0. The van der Waals surface area contributed by atoms with Crippen molar-refractivity contribution in [3.63, 3.8) is 0 Å². The minimum Gasteiger partial charge on any atom is -0.0763 e. The summed E-state index contributed by atoms with van der Waals surface area (Å²) in [7, 11) is 0. The van der Waals surface area contributed by atoms with Crippen molar-refractivity contribution in [2.45, 2.75) is 47.3 Å². The fraction of sp³-hybridized carbons (Fsp3) is 0.105. The van der Waals surface area contributed by atoms with Crippen LogP contribution in [-0.4, -0.2) is 0 Å². The van der Waals surface area contributed by atoms with Crippen molar-refractivity contribution < 1.29 is 0 Å². The Bertz CT molecular complexity index is 3450. The highest BCUT2D eigenvalue weighted by molar-refractivity contribution is 5.83. The summed E-state index contributed by atoms with van der Waals surface area (Å²) in [6.07, 6.45) is 19.0. The molecule has 10 aromatic carbocycles. The molecule has 0 aliphatic heterocycles. The molecule has 14 rings (SSSR count). The molecule has 0 aromatic heterocycles. The van der Waals surface area contributed by atoms with E-state index in [9.17, 15) is 0 Å². The van der Waals surface area contributed by atoms with Gasteiger partial charge in [0.25, 0.3) is 0 Å². The Morgan fingerprint density at radius 2 is 0.434 bits per heavy atom. The summed E-state index contributed by atoms with van der Waals surface area (Å²) in [6, 6.07) is 100. The summed E-state index contributed by atoms with van der Waals surface area (Å²) in [5.41, 5.74) is 22.0. The monoisotopic (exact) mass is 970 g/mol. The van der Waals surface area contributed by atoms with E-state index in [0.29, 0.717) is 0 Å². The van der Waals surface area contributed by atoms with Crippen LogP contribution in [0.5, 0.6) is 0 Å². The number of fused-ring (bicyclic) bond motifs is 4. The van der Waals surface area contributed by atoms with Crippen molar-refractivity contribution in [3.8, 4) is 0 Å². The second-order valence-corrected chi connectivity index (χ2v) is 21.3. The van der Waals surface area contributed by atoms with Crippen LogP contribution < -0.4 is 0 Å². The van der Waals surface area contributed by atoms with Crippen molar-refractivity contribution in [2.75, 3.05) is 0 Å². The van der Waals surface area contributed by atoms with Gasteiger partial charge in [-0.05, 0) is 138 Å². The van der Waals surface area contributed by atoms with Gasteiger partial charge in [0.1, 0.15) is 0 Å². The molecule has 0 spiro atoms. The minimum atomic E-state index is -0.521. The Hall–Kier alpha value is -8.84. The molecule has 0 saturated heterocycles. The van der Waals surface area contributed by atoms with Crippen LogP contribution >= 0.6 is 0 Å². The lowest BCUT2D eigenvalue weighted by Crippen LogP contribution is -2.39. The van der Waals surface area contributed by atoms with Crippen LogP contribution in [0, 0.1) is 0 Å². The first-order chi connectivity index (χ1) is 37.6. The summed E-state index contributed by atoms with van der Waals surface area (Å²) < 4.78 is 0. The first kappa shape index (κ1) is 45.7. The summed E-state index contributed by atoms with van der Waals surface area (Å²) in [5, 5.41) is 0. The first-order valence-electron chi connectivity index (χ1n) is 27.2. The van der Waals surface area contributed by atoms with Gasteiger partial charge in [-0.2, -0.15) is 0 Å². The standard InChI is InChI=1S/C76H58/c1-9-25-59(26-10-1)73(60-27-11-2-12-28-60)47-49-75(63-33-17-5-18-34-63,64-35-19-6-20-36-64)71-53-67-55(43-45-57(67)51-69(71)73)41-42-56-44-46-58-52-70-72(54-68(56)58)76(65-37-21-7-22-38-65,66-39-23-8-24-40-66)50-48-74(70,61-29-13-3-14-30-61)62-31-15-4-16-32-62/h1-40,43-44,47-54H,41-42,45-46H2. The Labute approximate surface area is 448 Å². The zero-order chi connectivity index (χ0) is 50.6. The van der Waals surface area contributed by atoms with Gasteiger partial charge in [0.15, 0.2) is 0 Å². The second-order valence-electron chi connectivity index (χ2n) is 21.3. The molecule has 76 heavy (non-hydrogen) atoms. The number of hydrogen-bond donors (Lipinski definition) is 0. The van der Waals surface area contributed by atoms with Gasteiger partial charge in [0.2, 0.25) is 0 Å². The van der Waals surface area contributed by atoms with Gasteiger partial charge in [-0.1, -0.05) is 291 Å². The zero-order valence-corrected chi connectivity index (χ0v) is 42.7. The highest BCUT2D eigenvalue weighted by Crippen LogP contribution is 2.58. The van der Waals surface area contributed by atoms with E-state index in [1.54, 1.807) is 0 Å². The van der Waals surface area contributed by atoms with Crippen LogP contribution in [-0.2, 0) is 34.5 Å². The van der Waals surface area contributed by atoms with Gasteiger partial charge in [-0.25, -0.2) is 0 Å². The smallest absolute Gasteiger partial charge is 0.0636 e. The lowest BCUT2D eigenvalue weighted by atomic mass is 9.56. The molecule has 0 fully saturated rings. The molecule has 0 unspecified atom stereocenters. The highest BCUT2D eigenvalue weighted by Gasteiger charge is 2.49. The number of rotatable bonds is 11.